The number of aromatic nitrogens is 1. The second-order valence-electron chi connectivity index (χ2n) is 6.25. The summed E-state index contributed by atoms with van der Waals surface area (Å²) in [6, 6.07) is 4.56. The summed E-state index contributed by atoms with van der Waals surface area (Å²) in [5.41, 5.74) is 1.72. The largest absolute Gasteiger partial charge is 0.441 e. The third-order valence-corrected chi connectivity index (χ3v) is 5.31. The van der Waals surface area contributed by atoms with Crippen molar-refractivity contribution in [3.63, 3.8) is 0 Å². The van der Waals surface area contributed by atoms with E-state index >= 15 is 0 Å². The molecule has 2 aromatic rings. The number of carbonyl (C=O) groups excluding carboxylic acids is 1. The zero-order valence-corrected chi connectivity index (χ0v) is 15.4. The van der Waals surface area contributed by atoms with Crippen LogP contribution in [0.3, 0.4) is 0 Å². The lowest BCUT2D eigenvalue weighted by Gasteiger charge is -2.29. The Morgan fingerprint density at radius 1 is 1.41 bits per heavy atom. The molecule has 2 aliphatic heterocycles. The fourth-order valence-corrected chi connectivity index (χ4v) is 3.74. The summed E-state index contributed by atoms with van der Waals surface area (Å²) >= 11 is 1.52. The highest BCUT2D eigenvalue weighted by Crippen LogP contribution is 2.29. The number of hydrazone groups is 1. The number of carbonyl (C=O) groups is 1. The van der Waals surface area contributed by atoms with Crippen molar-refractivity contribution in [2.75, 3.05) is 41.0 Å². The molecule has 1 aromatic carbocycles. The van der Waals surface area contributed by atoms with Gasteiger partial charge in [-0.25, -0.2) is 19.2 Å². The number of halogens is 1. The lowest BCUT2D eigenvalue weighted by molar-refractivity contribution is 0.0963. The van der Waals surface area contributed by atoms with E-state index < -0.39 is 18.0 Å². The maximum absolute atomic E-state index is 14.7. The van der Waals surface area contributed by atoms with Crippen LogP contribution in [0.4, 0.5) is 25.7 Å². The molecule has 1 aromatic heterocycles. The van der Waals surface area contributed by atoms with Crippen LogP contribution < -0.4 is 14.8 Å². The maximum Gasteiger partial charge on any atom is 0.414 e. The molecule has 0 bridgehead atoms. The number of aliphatic hydroxyl groups is 1. The van der Waals surface area contributed by atoms with Gasteiger partial charge in [0.25, 0.3) is 0 Å². The highest BCUT2D eigenvalue weighted by molar-refractivity contribution is 7.13. The van der Waals surface area contributed by atoms with E-state index in [0.29, 0.717) is 24.5 Å². The Morgan fingerprint density at radius 3 is 2.85 bits per heavy atom. The Morgan fingerprint density at radius 2 is 2.26 bits per heavy atom. The molecule has 1 N–H and O–H groups in total. The summed E-state index contributed by atoms with van der Waals surface area (Å²) in [5, 5.41) is 18.0. The van der Waals surface area contributed by atoms with Gasteiger partial charge in [-0.05, 0) is 25.1 Å². The second kappa shape index (κ2) is 7.12. The molecular weight excluding hydrogens is 373 g/mol. The first kappa shape index (κ1) is 17.7. The zero-order chi connectivity index (χ0) is 19.0. The molecule has 0 unspecified atom stereocenters. The summed E-state index contributed by atoms with van der Waals surface area (Å²) in [5.74, 6) is -0.460. The van der Waals surface area contributed by atoms with Crippen LogP contribution in [0.5, 0.6) is 0 Å². The van der Waals surface area contributed by atoms with Crippen molar-refractivity contribution in [1.29, 1.82) is 0 Å². The van der Waals surface area contributed by atoms with Crippen LogP contribution in [-0.2, 0) is 4.74 Å². The number of hydrogen-bond acceptors (Lipinski definition) is 8. The van der Waals surface area contributed by atoms with Gasteiger partial charge in [-0.1, -0.05) is 0 Å². The molecule has 0 spiro atoms. The summed E-state index contributed by atoms with van der Waals surface area (Å²) in [6.45, 7) is 3.00. The van der Waals surface area contributed by atoms with Crippen LogP contribution in [0, 0.1) is 12.7 Å². The Bertz CT molecular complexity index is 889. The van der Waals surface area contributed by atoms with E-state index in [0.717, 1.165) is 10.8 Å². The quantitative estimate of drug-likeness (QED) is 0.860. The van der Waals surface area contributed by atoms with Crippen LogP contribution in [0.15, 0.2) is 28.7 Å². The Hall–Kier alpha value is -2.72. The predicted octanol–water partition coefficient (Wildman–Crippen LogP) is 2.18. The number of aliphatic hydroxyl groups excluding tert-OH is 1. The molecule has 0 radical (unpaired) electrons. The molecule has 1 saturated heterocycles. The Labute approximate surface area is 159 Å². The number of thiazole rings is 1. The summed E-state index contributed by atoms with van der Waals surface area (Å²) in [7, 11) is 0. The van der Waals surface area contributed by atoms with Crippen LogP contribution in [0.25, 0.3) is 0 Å². The fourth-order valence-electron chi connectivity index (χ4n) is 2.95. The number of nitrogens with zero attached hydrogens (tertiary/aromatic N) is 5. The molecule has 8 nitrogen and oxygen atoms in total. The van der Waals surface area contributed by atoms with E-state index in [1.807, 2.05) is 12.3 Å². The number of rotatable bonds is 4. The van der Waals surface area contributed by atoms with Gasteiger partial charge in [0.1, 0.15) is 18.3 Å². The van der Waals surface area contributed by atoms with Gasteiger partial charge in [0.15, 0.2) is 0 Å². The number of aryl methyl sites for hydroxylation is 1. The zero-order valence-electron chi connectivity index (χ0n) is 14.6. The topological polar surface area (TPSA) is 81.5 Å². The minimum Gasteiger partial charge on any atom is -0.441 e. The first-order chi connectivity index (χ1) is 13.0. The first-order valence-corrected chi connectivity index (χ1v) is 9.32. The van der Waals surface area contributed by atoms with Gasteiger partial charge < -0.3 is 14.7 Å². The minimum absolute atomic E-state index is 0.196. The van der Waals surface area contributed by atoms with E-state index in [1.165, 1.54) is 22.3 Å². The second-order valence-corrected chi connectivity index (χ2v) is 7.09. The van der Waals surface area contributed by atoms with Gasteiger partial charge in [-0.2, -0.15) is 5.10 Å². The van der Waals surface area contributed by atoms with Gasteiger partial charge >= 0.3 is 6.09 Å². The van der Waals surface area contributed by atoms with Crippen molar-refractivity contribution < 1.29 is 19.0 Å². The molecule has 142 valence electrons. The van der Waals surface area contributed by atoms with E-state index in [-0.39, 0.29) is 13.2 Å². The van der Waals surface area contributed by atoms with Crippen molar-refractivity contribution in [3.8, 4) is 0 Å². The number of amides is 1. The smallest absolute Gasteiger partial charge is 0.414 e. The third kappa shape index (κ3) is 3.45. The molecule has 1 amide bonds. The van der Waals surface area contributed by atoms with Crippen molar-refractivity contribution in [2.24, 2.45) is 5.10 Å². The maximum atomic E-state index is 14.7. The molecule has 10 heteroatoms. The van der Waals surface area contributed by atoms with Crippen molar-refractivity contribution in [1.82, 2.24) is 4.98 Å². The molecule has 4 rings (SSSR count). The molecule has 2 aliphatic rings. The number of anilines is 3. The molecule has 0 aliphatic carbocycles. The van der Waals surface area contributed by atoms with E-state index in [4.69, 9.17) is 9.84 Å². The lowest BCUT2D eigenvalue weighted by atomic mass is 10.2. The molecule has 1 atom stereocenters. The van der Waals surface area contributed by atoms with Crippen LogP contribution >= 0.6 is 11.3 Å². The standard InChI is InChI=1S/C17H18FN5O3S/c1-11-9-27-16(20-11)23-5-4-21(10-19-23)15-3-2-12(6-14(15)18)22-7-13(8-24)26-17(22)25/h2-3,6,9-10,13,24H,4-5,7-8H2,1H3/t13-/m1/s1. The Balaban J connectivity index is 1.49. The summed E-state index contributed by atoms with van der Waals surface area (Å²) in [6.07, 6.45) is 0.398. The van der Waals surface area contributed by atoms with Crippen LogP contribution in [-0.4, -0.2) is 54.9 Å². The highest BCUT2D eigenvalue weighted by atomic mass is 32.1. The summed E-state index contributed by atoms with van der Waals surface area (Å²) in [4.78, 5) is 19.3. The van der Waals surface area contributed by atoms with Crippen molar-refractivity contribution >= 4 is 40.3 Å². The highest BCUT2D eigenvalue weighted by Gasteiger charge is 2.32. The van der Waals surface area contributed by atoms with Gasteiger partial charge in [0.2, 0.25) is 5.13 Å². The van der Waals surface area contributed by atoms with Gasteiger partial charge in [0.05, 0.1) is 36.8 Å². The lowest BCUT2D eigenvalue weighted by Crippen LogP contribution is -2.38. The SMILES string of the molecule is Cc1csc(N2CCN(c3ccc(N4C[C@H](CO)OC4=O)cc3F)C=N2)n1. The van der Waals surface area contributed by atoms with Crippen LogP contribution in [0.2, 0.25) is 0 Å². The monoisotopic (exact) mass is 391 g/mol. The summed E-state index contributed by atoms with van der Waals surface area (Å²) < 4.78 is 19.7. The average Bonchev–Trinajstić information content (AvgIpc) is 3.27. The third-order valence-electron chi connectivity index (χ3n) is 4.34. The van der Waals surface area contributed by atoms with E-state index in [2.05, 4.69) is 10.1 Å². The minimum atomic E-state index is -0.588. The number of benzene rings is 1. The van der Waals surface area contributed by atoms with Crippen molar-refractivity contribution in [3.05, 3.63) is 35.1 Å². The van der Waals surface area contributed by atoms with Crippen molar-refractivity contribution in [2.45, 2.75) is 13.0 Å². The van der Waals surface area contributed by atoms with Crippen LogP contribution in [0.1, 0.15) is 5.69 Å². The van der Waals surface area contributed by atoms with Gasteiger partial charge in [0, 0.05) is 11.9 Å². The van der Waals surface area contributed by atoms with Gasteiger partial charge in [-0.3, -0.25) is 4.90 Å². The molecular formula is C17H18FN5O3S. The number of hydrogen-bond donors (Lipinski definition) is 1. The number of cyclic esters (lactones) is 1. The Kier molecular flexibility index (Phi) is 4.66. The normalized spacial score (nSPS) is 19.7. The van der Waals surface area contributed by atoms with E-state index in [1.54, 1.807) is 28.4 Å². The fraction of sp³-hybridized carbons (Fsp3) is 0.353. The first-order valence-electron chi connectivity index (χ1n) is 8.44. The predicted molar refractivity (Wildman–Crippen MR) is 101 cm³/mol. The number of ether oxygens (including phenoxy) is 1. The average molecular weight is 391 g/mol. The molecule has 3 heterocycles. The molecule has 0 saturated carbocycles. The molecule has 1 fully saturated rings. The van der Waals surface area contributed by atoms with Gasteiger partial charge in [-0.15, -0.1) is 11.3 Å². The molecule has 27 heavy (non-hydrogen) atoms. The van der Waals surface area contributed by atoms with E-state index in [9.17, 15) is 9.18 Å².